The van der Waals surface area contributed by atoms with Gasteiger partial charge >= 0.3 is 0 Å². The summed E-state index contributed by atoms with van der Waals surface area (Å²) < 4.78 is 0. The highest BCUT2D eigenvalue weighted by Gasteiger charge is 2.29. The monoisotopic (exact) mass is 193 g/mol. The summed E-state index contributed by atoms with van der Waals surface area (Å²) >= 11 is 0. The van der Waals surface area contributed by atoms with Gasteiger partial charge in [0.15, 0.2) is 0 Å². The standard InChI is InChI=1S/C9H19NO.ClH/c1-9(2,7-11)8-3-5-10-6-4-8;/h8,10-11H,3-7H2,1-2H3;1H. The lowest BCUT2D eigenvalue weighted by Gasteiger charge is -2.35. The normalized spacial score (nSPS) is 20.2. The molecule has 1 rings (SSSR count). The Morgan fingerprint density at radius 1 is 1.33 bits per heavy atom. The Bertz CT molecular complexity index is 122. The zero-order valence-corrected chi connectivity index (χ0v) is 8.78. The van der Waals surface area contributed by atoms with Gasteiger partial charge in [-0.25, -0.2) is 0 Å². The van der Waals surface area contributed by atoms with Crippen molar-refractivity contribution in [2.24, 2.45) is 11.3 Å². The Balaban J connectivity index is 0.00000121. The van der Waals surface area contributed by atoms with Crippen LogP contribution in [0.1, 0.15) is 26.7 Å². The third-order valence-corrected chi connectivity index (χ3v) is 2.85. The van der Waals surface area contributed by atoms with Gasteiger partial charge in [0.2, 0.25) is 0 Å². The van der Waals surface area contributed by atoms with Gasteiger partial charge in [-0.3, -0.25) is 0 Å². The van der Waals surface area contributed by atoms with E-state index in [2.05, 4.69) is 19.2 Å². The Morgan fingerprint density at radius 2 is 1.83 bits per heavy atom. The molecule has 12 heavy (non-hydrogen) atoms. The van der Waals surface area contributed by atoms with Crippen molar-refractivity contribution in [2.45, 2.75) is 26.7 Å². The first-order valence-electron chi connectivity index (χ1n) is 4.48. The zero-order chi connectivity index (χ0) is 8.32. The van der Waals surface area contributed by atoms with Crippen LogP contribution in [-0.4, -0.2) is 24.8 Å². The molecule has 1 fully saturated rings. The number of hydrogen-bond acceptors (Lipinski definition) is 2. The molecule has 0 saturated carbocycles. The molecule has 0 bridgehead atoms. The molecule has 0 aromatic carbocycles. The molecule has 1 aliphatic rings. The molecule has 3 heteroatoms. The molecule has 2 N–H and O–H groups in total. The SMILES string of the molecule is CC(C)(CO)C1CCNCC1.Cl. The summed E-state index contributed by atoms with van der Waals surface area (Å²) in [7, 11) is 0. The van der Waals surface area contributed by atoms with Crippen molar-refractivity contribution in [1.29, 1.82) is 0 Å². The highest BCUT2D eigenvalue weighted by molar-refractivity contribution is 5.85. The van der Waals surface area contributed by atoms with Crippen LogP contribution < -0.4 is 5.32 Å². The minimum atomic E-state index is 0. The smallest absolute Gasteiger partial charge is 0.0484 e. The molecule has 0 aliphatic carbocycles. The summed E-state index contributed by atoms with van der Waals surface area (Å²) in [6, 6.07) is 0. The topological polar surface area (TPSA) is 32.3 Å². The van der Waals surface area contributed by atoms with Crippen LogP contribution in [0.2, 0.25) is 0 Å². The van der Waals surface area contributed by atoms with Crippen molar-refractivity contribution in [1.82, 2.24) is 5.32 Å². The average Bonchev–Trinajstić information content (AvgIpc) is 2.06. The first kappa shape index (κ1) is 12.2. The van der Waals surface area contributed by atoms with Crippen LogP contribution >= 0.6 is 12.4 Å². The quantitative estimate of drug-likeness (QED) is 0.696. The molecule has 0 unspecified atom stereocenters. The Labute approximate surface area is 81.2 Å². The summed E-state index contributed by atoms with van der Waals surface area (Å²) in [5.41, 5.74) is 0.127. The Kier molecular flexibility index (Phi) is 5.14. The fourth-order valence-electron chi connectivity index (χ4n) is 1.73. The van der Waals surface area contributed by atoms with Gasteiger partial charge in [0.25, 0.3) is 0 Å². The van der Waals surface area contributed by atoms with Crippen molar-refractivity contribution >= 4 is 12.4 Å². The summed E-state index contributed by atoms with van der Waals surface area (Å²) in [4.78, 5) is 0. The van der Waals surface area contributed by atoms with Gasteiger partial charge in [-0.05, 0) is 37.3 Å². The molecule has 0 aromatic heterocycles. The predicted molar refractivity (Wildman–Crippen MR) is 53.7 cm³/mol. The van der Waals surface area contributed by atoms with E-state index in [1.54, 1.807) is 0 Å². The second-order valence-corrected chi connectivity index (χ2v) is 4.17. The van der Waals surface area contributed by atoms with Crippen molar-refractivity contribution in [3.8, 4) is 0 Å². The molecule has 1 heterocycles. The highest BCUT2D eigenvalue weighted by Crippen LogP contribution is 2.32. The van der Waals surface area contributed by atoms with Gasteiger partial charge in [0, 0.05) is 6.61 Å². The molecule has 0 amide bonds. The van der Waals surface area contributed by atoms with Gasteiger partial charge in [-0.2, -0.15) is 0 Å². The van der Waals surface area contributed by atoms with Crippen LogP contribution in [-0.2, 0) is 0 Å². The van der Waals surface area contributed by atoms with Crippen LogP contribution in [0.4, 0.5) is 0 Å². The summed E-state index contributed by atoms with van der Waals surface area (Å²) in [5, 5.41) is 12.5. The van der Waals surface area contributed by atoms with Crippen LogP contribution in [0.15, 0.2) is 0 Å². The molecule has 2 nitrogen and oxygen atoms in total. The first-order valence-corrected chi connectivity index (χ1v) is 4.48. The Hall–Kier alpha value is 0.210. The first-order chi connectivity index (χ1) is 5.17. The van der Waals surface area contributed by atoms with Gasteiger partial charge in [-0.15, -0.1) is 12.4 Å². The lowest BCUT2D eigenvalue weighted by atomic mass is 9.75. The molecule has 0 atom stereocenters. The summed E-state index contributed by atoms with van der Waals surface area (Å²) in [5.74, 6) is 0.703. The number of aliphatic hydroxyl groups is 1. The molecular formula is C9H20ClNO. The summed E-state index contributed by atoms with van der Waals surface area (Å²) in [6.45, 7) is 6.87. The van der Waals surface area contributed by atoms with E-state index < -0.39 is 0 Å². The minimum absolute atomic E-state index is 0. The van der Waals surface area contributed by atoms with E-state index >= 15 is 0 Å². The molecule has 1 aliphatic heterocycles. The fraction of sp³-hybridized carbons (Fsp3) is 1.00. The third kappa shape index (κ3) is 2.92. The predicted octanol–water partition coefficient (Wildman–Crippen LogP) is 1.43. The largest absolute Gasteiger partial charge is 0.396 e. The van der Waals surface area contributed by atoms with E-state index in [4.69, 9.17) is 5.11 Å². The molecule has 0 radical (unpaired) electrons. The van der Waals surface area contributed by atoms with E-state index in [9.17, 15) is 0 Å². The number of hydrogen-bond donors (Lipinski definition) is 2. The minimum Gasteiger partial charge on any atom is -0.396 e. The number of rotatable bonds is 2. The lowest BCUT2D eigenvalue weighted by Crippen LogP contribution is -2.37. The average molecular weight is 194 g/mol. The van der Waals surface area contributed by atoms with Crippen molar-refractivity contribution in [3.05, 3.63) is 0 Å². The molecule has 1 saturated heterocycles. The number of halogens is 1. The molecule has 0 spiro atoms. The summed E-state index contributed by atoms with van der Waals surface area (Å²) in [6.07, 6.45) is 2.43. The number of aliphatic hydroxyl groups excluding tert-OH is 1. The number of piperidine rings is 1. The fourth-order valence-corrected chi connectivity index (χ4v) is 1.73. The molecule has 74 valence electrons. The highest BCUT2D eigenvalue weighted by atomic mass is 35.5. The second kappa shape index (κ2) is 5.05. The van der Waals surface area contributed by atoms with Gasteiger partial charge in [-0.1, -0.05) is 13.8 Å². The Morgan fingerprint density at radius 3 is 2.25 bits per heavy atom. The van der Waals surface area contributed by atoms with Crippen molar-refractivity contribution in [3.63, 3.8) is 0 Å². The van der Waals surface area contributed by atoms with Crippen molar-refractivity contribution in [2.75, 3.05) is 19.7 Å². The van der Waals surface area contributed by atoms with E-state index in [1.165, 1.54) is 12.8 Å². The van der Waals surface area contributed by atoms with E-state index in [0.29, 0.717) is 12.5 Å². The van der Waals surface area contributed by atoms with Gasteiger partial charge in [0.1, 0.15) is 0 Å². The van der Waals surface area contributed by atoms with Gasteiger partial charge < -0.3 is 10.4 Å². The maximum Gasteiger partial charge on any atom is 0.0484 e. The second-order valence-electron chi connectivity index (χ2n) is 4.17. The van der Waals surface area contributed by atoms with E-state index in [0.717, 1.165) is 13.1 Å². The maximum absolute atomic E-state index is 9.13. The van der Waals surface area contributed by atoms with Crippen molar-refractivity contribution < 1.29 is 5.11 Å². The molecular weight excluding hydrogens is 174 g/mol. The van der Waals surface area contributed by atoms with E-state index in [-0.39, 0.29) is 17.8 Å². The van der Waals surface area contributed by atoms with Crippen LogP contribution in [0.5, 0.6) is 0 Å². The van der Waals surface area contributed by atoms with Crippen LogP contribution in [0.3, 0.4) is 0 Å². The molecule has 0 aromatic rings. The zero-order valence-electron chi connectivity index (χ0n) is 7.97. The van der Waals surface area contributed by atoms with Crippen LogP contribution in [0, 0.1) is 11.3 Å². The third-order valence-electron chi connectivity index (χ3n) is 2.85. The maximum atomic E-state index is 9.13. The van der Waals surface area contributed by atoms with E-state index in [1.807, 2.05) is 0 Å². The number of nitrogens with one attached hydrogen (secondary N) is 1. The van der Waals surface area contributed by atoms with Crippen LogP contribution in [0.25, 0.3) is 0 Å². The lowest BCUT2D eigenvalue weighted by molar-refractivity contribution is 0.0774. The van der Waals surface area contributed by atoms with Gasteiger partial charge in [0.05, 0.1) is 0 Å².